The Bertz CT molecular complexity index is 1300. The zero-order chi connectivity index (χ0) is 28.5. The zero-order valence-electron chi connectivity index (χ0n) is 23.4. The van der Waals surface area contributed by atoms with Crippen LogP contribution in [0.2, 0.25) is 0 Å². The van der Waals surface area contributed by atoms with Gasteiger partial charge < -0.3 is 20.4 Å². The molecule has 0 spiro atoms. The first-order chi connectivity index (χ1) is 17.6. The number of carbonyl (C=O) groups is 3. The van der Waals surface area contributed by atoms with Gasteiger partial charge in [-0.05, 0) is 61.6 Å². The molecular weight excluding hydrogens is 484 g/mol. The number of hydrogen-bond donors (Lipinski definition) is 4. The molecule has 0 bridgehead atoms. The van der Waals surface area contributed by atoms with Gasteiger partial charge in [0.2, 0.25) is 5.78 Å². The van der Waals surface area contributed by atoms with E-state index in [0.717, 1.165) is 37.3 Å². The van der Waals surface area contributed by atoms with Crippen molar-refractivity contribution in [2.24, 2.45) is 28.6 Å². The topological polar surface area (TPSA) is 132 Å². The molecule has 0 heterocycles. The Morgan fingerprint density at radius 3 is 2.29 bits per heavy atom. The van der Waals surface area contributed by atoms with Crippen LogP contribution >= 0.6 is 0 Å². The van der Waals surface area contributed by atoms with Crippen molar-refractivity contribution >= 4 is 17.3 Å². The van der Waals surface area contributed by atoms with Gasteiger partial charge in [-0.25, -0.2) is 0 Å². The normalized spacial score (nSPS) is 31.8. The molecule has 1 aromatic carbocycles. The second-order valence-electron chi connectivity index (χ2n) is 12.6. The number of benzene rings is 1. The monoisotopic (exact) mass is 524 g/mol. The predicted octanol–water partition coefficient (Wildman–Crippen LogP) is 5.33. The highest BCUT2D eigenvalue weighted by Crippen LogP contribution is 2.65. The summed E-state index contributed by atoms with van der Waals surface area (Å²) in [6.07, 6.45) is 3.09. The van der Waals surface area contributed by atoms with Gasteiger partial charge in [0, 0.05) is 22.3 Å². The summed E-state index contributed by atoms with van der Waals surface area (Å²) in [5.41, 5.74) is -3.87. The Morgan fingerprint density at radius 1 is 1.11 bits per heavy atom. The maximum absolute atomic E-state index is 14.0. The number of aromatic hydroxyl groups is 1. The number of allylic oxidation sites excluding steroid dienone is 2. The first-order valence-electron chi connectivity index (χ1n) is 13.6. The van der Waals surface area contributed by atoms with E-state index in [2.05, 4.69) is 13.8 Å². The van der Waals surface area contributed by atoms with Crippen LogP contribution in [0.25, 0.3) is 0 Å². The van der Waals surface area contributed by atoms with E-state index in [0.29, 0.717) is 12.3 Å². The summed E-state index contributed by atoms with van der Waals surface area (Å²) in [7, 11) is 0. The highest BCUT2D eigenvalue weighted by molar-refractivity contribution is 6.25. The summed E-state index contributed by atoms with van der Waals surface area (Å²) in [6.45, 7) is 12.6. The largest absolute Gasteiger partial charge is 0.511 e. The van der Waals surface area contributed by atoms with Crippen LogP contribution in [0, 0.1) is 28.6 Å². The number of fused-ring (bicyclic) bond motifs is 3. The third kappa shape index (κ3) is 3.61. The fourth-order valence-electron chi connectivity index (χ4n) is 7.63. The average molecular weight is 525 g/mol. The van der Waals surface area contributed by atoms with E-state index in [-0.39, 0.29) is 35.0 Å². The molecule has 3 aliphatic carbocycles. The van der Waals surface area contributed by atoms with Crippen molar-refractivity contribution in [1.29, 1.82) is 0 Å². The van der Waals surface area contributed by atoms with Gasteiger partial charge in [0.25, 0.3) is 0 Å². The third-order valence-electron chi connectivity index (χ3n) is 9.59. The third-order valence-corrected chi connectivity index (χ3v) is 9.59. The van der Waals surface area contributed by atoms with E-state index in [1.807, 2.05) is 26.8 Å². The molecule has 38 heavy (non-hydrogen) atoms. The van der Waals surface area contributed by atoms with Crippen molar-refractivity contribution < 1.29 is 34.8 Å². The molecule has 0 radical (unpaired) electrons. The van der Waals surface area contributed by atoms with Crippen LogP contribution in [0.3, 0.4) is 0 Å². The number of phenols is 1. The number of aliphatic hydroxyl groups excluding tert-OH is 2. The van der Waals surface area contributed by atoms with Gasteiger partial charge in [-0.1, -0.05) is 54.0 Å². The Hall–Kier alpha value is -2.93. The lowest BCUT2D eigenvalue weighted by atomic mass is 9.44. The van der Waals surface area contributed by atoms with Crippen LogP contribution in [0.15, 0.2) is 34.8 Å². The van der Waals surface area contributed by atoms with Crippen LogP contribution in [-0.2, 0) is 22.4 Å². The fraction of sp³-hybridized carbons (Fsp3) is 0.581. The minimum absolute atomic E-state index is 0.0896. The van der Waals surface area contributed by atoms with Crippen molar-refractivity contribution in [2.75, 3.05) is 0 Å². The Labute approximate surface area is 224 Å². The molecule has 5 atom stereocenters. The molecule has 0 aromatic heterocycles. The lowest BCUT2D eigenvalue weighted by Gasteiger charge is -2.59. The molecule has 7 heteroatoms. The smallest absolute Gasteiger partial charge is 0.209 e. The predicted molar refractivity (Wildman–Crippen MR) is 143 cm³/mol. The van der Waals surface area contributed by atoms with Crippen LogP contribution in [-0.4, -0.2) is 43.4 Å². The summed E-state index contributed by atoms with van der Waals surface area (Å²) < 4.78 is 0. The zero-order valence-corrected chi connectivity index (χ0v) is 23.4. The van der Waals surface area contributed by atoms with E-state index < -0.39 is 51.0 Å². The molecule has 4 N–H and O–H groups in total. The highest BCUT2D eigenvalue weighted by atomic mass is 16.3. The second-order valence-corrected chi connectivity index (χ2v) is 12.6. The first kappa shape index (κ1) is 28.1. The SMILES string of the molecule is CCC(C)CCc1ccc(O)c2c1C[C@]1(C)C[C@]3(C)C(C(C)C)C(O)=C(C(C)=O)C(=O)[C@]3(O)C(O)=C1C2=O. The maximum Gasteiger partial charge on any atom is 0.209 e. The van der Waals surface area contributed by atoms with Gasteiger partial charge in [-0.2, -0.15) is 0 Å². The van der Waals surface area contributed by atoms with Gasteiger partial charge in [-0.3, -0.25) is 14.4 Å². The quantitative estimate of drug-likeness (QED) is 0.370. The molecule has 0 amide bonds. The molecule has 3 aliphatic rings. The van der Waals surface area contributed by atoms with Crippen molar-refractivity contribution in [3.8, 4) is 5.75 Å². The Morgan fingerprint density at radius 2 is 1.74 bits per heavy atom. The van der Waals surface area contributed by atoms with Gasteiger partial charge in [0.05, 0.1) is 5.56 Å². The van der Waals surface area contributed by atoms with Crippen LogP contribution < -0.4 is 0 Å². The minimum atomic E-state index is -2.58. The number of Topliss-reactive ketones (excluding diaryl/α,β-unsaturated/α-hetero) is 3. The van der Waals surface area contributed by atoms with E-state index in [1.54, 1.807) is 6.92 Å². The molecule has 0 saturated heterocycles. The number of phenolic OH excluding ortho intramolecular Hbond substituents is 1. The number of hydrogen-bond acceptors (Lipinski definition) is 7. The van der Waals surface area contributed by atoms with E-state index in [9.17, 15) is 34.8 Å². The molecule has 0 fully saturated rings. The van der Waals surface area contributed by atoms with Crippen LogP contribution in [0.5, 0.6) is 5.75 Å². The second kappa shape index (κ2) is 9.08. The van der Waals surface area contributed by atoms with Gasteiger partial charge in [-0.15, -0.1) is 0 Å². The number of aryl methyl sites for hydroxylation is 1. The molecule has 7 nitrogen and oxygen atoms in total. The summed E-state index contributed by atoms with van der Waals surface area (Å²) in [5, 5.41) is 45.7. The lowest BCUT2D eigenvalue weighted by Crippen LogP contribution is -2.67. The summed E-state index contributed by atoms with van der Waals surface area (Å²) in [6, 6.07) is 3.33. The van der Waals surface area contributed by atoms with Crippen molar-refractivity contribution in [3.63, 3.8) is 0 Å². The van der Waals surface area contributed by atoms with Gasteiger partial charge in [0.1, 0.15) is 22.8 Å². The number of aliphatic hydroxyl groups is 3. The van der Waals surface area contributed by atoms with E-state index >= 15 is 0 Å². The van der Waals surface area contributed by atoms with Crippen molar-refractivity contribution in [2.45, 2.75) is 86.2 Å². The maximum atomic E-state index is 14.0. The molecule has 1 aromatic rings. The van der Waals surface area contributed by atoms with E-state index in [1.165, 1.54) is 6.07 Å². The molecule has 4 rings (SSSR count). The van der Waals surface area contributed by atoms with Crippen molar-refractivity contribution in [3.05, 3.63) is 51.5 Å². The van der Waals surface area contributed by atoms with E-state index in [4.69, 9.17) is 0 Å². The summed E-state index contributed by atoms with van der Waals surface area (Å²) >= 11 is 0. The number of carbonyl (C=O) groups excluding carboxylic acids is 3. The summed E-state index contributed by atoms with van der Waals surface area (Å²) in [4.78, 5) is 40.2. The van der Waals surface area contributed by atoms with Gasteiger partial charge >= 0.3 is 0 Å². The lowest BCUT2D eigenvalue weighted by molar-refractivity contribution is -0.171. The first-order valence-corrected chi connectivity index (χ1v) is 13.6. The molecule has 0 saturated carbocycles. The van der Waals surface area contributed by atoms with Gasteiger partial charge in [0.15, 0.2) is 17.2 Å². The molecule has 206 valence electrons. The number of ketones is 3. The fourth-order valence-corrected chi connectivity index (χ4v) is 7.63. The minimum Gasteiger partial charge on any atom is -0.511 e. The average Bonchev–Trinajstić information content (AvgIpc) is 2.80. The van der Waals surface area contributed by atoms with Crippen LogP contribution in [0.4, 0.5) is 0 Å². The molecular formula is C31H40O7. The number of rotatable bonds is 6. The molecule has 0 aliphatic heterocycles. The highest BCUT2D eigenvalue weighted by Gasteiger charge is 2.71. The summed E-state index contributed by atoms with van der Waals surface area (Å²) in [5.74, 6) is -4.44. The standard InChI is InChI=1S/C31H40O7/c1-8-16(4)9-10-18-11-12-20(33)22-19(18)13-29(6)14-30(7)23(15(2)3)25(34)21(17(5)32)27(36)31(30,38)28(37)24(29)26(22)35/h11-12,15-16,23,33-34,37-38H,8-10,13-14H2,1-7H3/t16?,23?,29-,30-,31+/m1/s1. The van der Waals surface area contributed by atoms with Crippen molar-refractivity contribution in [1.82, 2.24) is 0 Å². The Kier molecular flexibility index (Phi) is 6.71. The van der Waals surface area contributed by atoms with Crippen LogP contribution in [0.1, 0.15) is 89.2 Å². The molecule has 2 unspecified atom stereocenters. The Balaban J connectivity index is 1.98.